The number of methoxy groups -OCH3 is 2. The molecule has 1 N–H and O–H groups in total. The van der Waals surface area contributed by atoms with E-state index in [1.54, 1.807) is 42.1 Å². The number of aryl methyl sites for hydroxylation is 1. The zero-order valence-electron chi connectivity index (χ0n) is 24.2. The summed E-state index contributed by atoms with van der Waals surface area (Å²) in [7, 11) is -1.07. The number of hydrogen-bond donors (Lipinski definition) is 1. The number of rotatable bonds is 11. The van der Waals surface area contributed by atoms with E-state index in [2.05, 4.69) is 24.9 Å². The van der Waals surface area contributed by atoms with Crippen LogP contribution in [0.15, 0.2) is 30.6 Å². The Bertz CT molecular complexity index is 1400. The van der Waals surface area contributed by atoms with Crippen LogP contribution in [0.25, 0.3) is 5.69 Å². The number of hydrogen-bond acceptors (Lipinski definition) is 10. The smallest absolute Gasteiger partial charge is 0.243 e. The number of sulfonamides is 1. The first-order chi connectivity index (χ1) is 18.9. The molecule has 0 radical (unpaired) electrons. The predicted octanol–water partition coefficient (Wildman–Crippen LogP) is 4.31. The summed E-state index contributed by atoms with van der Waals surface area (Å²) in [5.41, 5.74) is 0.933. The van der Waals surface area contributed by atoms with Crippen molar-refractivity contribution in [2.24, 2.45) is 0 Å². The average molecular weight is 575 g/mol. The largest absolute Gasteiger partial charge is 0.494 e. The molecule has 2 aromatic heterocycles. The Kier molecular flexibility index (Phi) is 8.66. The maximum absolute atomic E-state index is 13.9. The lowest BCUT2D eigenvalue weighted by atomic mass is 10.1. The Balaban J connectivity index is 1.80. The SMILES string of the molecule is COc1cccc(OC)c1-n1c(NS(=O)(=O)C(C)C(OC(C)C)c2ncc(C)cn2)nnc1[C@H]1CCC(C)(C)O1. The van der Waals surface area contributed by atoms with Crippen LogP contribution in [-0.2, 0) is 19.5 Å². The van der Waals surface area contributed by atoms with Crippen molar-refractivity contribution in [2.75, 3.05) is 18.9 Å². The molecule has 12 nitrogen and oxygen atoms in total. The molecule has 0 spiro atoms. The summed E-state index contributed by atoms with van der Waals surface area (Å²) in [6, 6.07) is 5.29. The molecule has 1 saturated heterocycles. The van der Waals surface area contributed by atoms with Crippen LogP contribution in [0, 0.1) is 6.92 Å². The number of para-hydroxylation sites is 1. The standard InChI is InChI=1S/C27H38N6O6S/c1-16(2)38-23(24-28-14-17(3)15-29-24)18(4)40(34,35)32-26-31-30-25(21-12-13-27(5,6)39-21)33(26)22-19(36-7)10-9-11-20(22)37-8/h9-11,14-16,18,21,23H,12-13H2,1-8H3,(H,31,32)/t18?,21-,23?/m1/s1. The summed E-state index contributed by atoms with van der Waals surface area (Å²) < 4.78 is 55.5. The Hall–Kier alpha value is -3.29. The zero-order valence-corrected chi connectivity index (χ0v) is 25.0. The van der Waals surface area contributed by atoms with Gasteiger partial charge in [0, 0.05) is 12.4 Å². The number of aromatic nitrogens is 5. The highest BCUT2D eigenvalue weighted by Crippen LogP contribution is 2.43. The molecule has 2 unspecified atom stereocenters. The maximum atomic E-state index is 13.9. The minimum Gasteiger partial charge on any atom is -0.494 e. The maximum Gasteiger partial charge on any atom is 0.243 e. The minimum atomic E-state index is -4.12. The van der Waals surface area contributed by atoms with E-state index < -0.39 is 27.5 Å². The van der Waals surface area contributed by atoms with Crippen LogP contribution >= 0.6 is 0 Å². The van der Waals surface area contributed by atoms with Crippen molar-refractivity contribution in [2.45, 2.75) is 83.5 Å². The van der Waals surface area contributed by atoms with E-state index in [-0.39, 0.29) is 23.5 Å². The van der Waals surface area contributed by atoms with Gasteiger partial charge < -0.3 is 18.9 Å². The van der Waals surface area contributed by atoms with E-state index in [9.17, 15) is 8.42 Å². The monoisotopic (exact) mass is 574 g/mol. The van der Waals surface area contributed by atoms with Crippen molar-refractivity contribution in [3.8, 4) is 17.2 Å². The van der Waals surface area contributed by atoms with E-state index in [1.165, 1.54) is 14.2 Å². The van der Waals surface area contributed by atoms with Crippen molar-refractivity contribution in [1.29, 1.82) is 0 Å². The van der Waals surface area contributed by atoms with E-state index in [0.29, 0.717) is 29.4 Å². The number of ether oxygens (including phenoxy) is 4. The lowest BCUT2D eigenvalue weighted by Crippen LogP contribution is -2.35. The Morgan fingerprint density at radius 2 is 1.70 bits per heavy atom. The Morgan fingerprint density at radius 1 is 1.07 bits per heavy atom. The summed E-state index contributed by atoms with van der Waals surface area (Å²) in [5, 5.41) is 7.57. The molecule has 3 heterocycles. The normalized spacial score (nSPS) is 18.5. The second-order valence-corrected chi connectivity index (χ2v) is 12.7. The van der Waals surface area contributed by atoms with Crippen LogP contribution in [0.1, 0.15) is 76.9 Å². The summed E-state index contributed by atoms with van der Waals surface area (Å²) >= 11 is 0. The van der Waals surface area contributed by atoms with Gasteiger partial charge in [0.05, 0.1) is 25.9 Å². The zero-order chi connectivity index (χ0) is 29.2. The van der Waals surface area contributed by atoms with E-state index >= 15 is 0 Å². The van der Waals surface area contributed by atoms with E-state index in [4.69, 9.17) is 18.9 Å². The van der Waals surface area contributed by atoms with Crippen LogP contribution in [0.5, 0.6) is 11.5 Å². The first kappa shape index (κ1) is 29.7. The van der Waals surface area contributed by atoms with Crippen LogP contribution in [0.3, 0.4) is 0 Å². The molecule has 0 aliphatic carbocycles. The minimum absolute atomic E-state index is 0.0360. The molecule has 3 aromatic rings. The number of anilines is 1. The van der Waals surface area contributed by atoms with Crippen LogP contribution in [-0.4, -0.2) is 64.3 Å². The van der Waals surface area contributed by atoms with Crippen LogP contribution in [0.2, 0.25) is 0 Å². The lowest BCUT2D eigenvalue weighted by Gasteiger charge is -2.26. The van der Waals surface area contributed by atoms with Gasteiger partial charge in [-0.15, -0.1) is 10.2 Å². The fraction of sp³-hybridized carbons (Fsp3) is 0.556. The Labute approximate surface area is 235 Å². The van der Waals surface area contributed by atoms with Gasteiger partial charge >= 0.3 is 0 Å². The lowest BCUT2D eigenvalue weighted by molar-refractivity contribution is -0.0207. The van der Waals surface area contributed by atoms with Gasteiger partial charge in [-0.3, -0.25) is 9.29 Å². The average Bonchev–Trinajstić information content (AvgIpc) is 3.48. The molecule has 13 heteroatoms. The molecule has 1 aliphatic rings. The third-order valence-electron chi connectivity index (χ3n) is 6.69. The molecule has 0 amide bonds. The van der Waals surface area contributed by atoms with Gasteiger partial charge in [0.25, 0.3) is 0 Å². The molecule has 1 aliphatic heterocycles. The molecule has 0 bridgehead atoms. The highest BCUT2D eigenvalue weighted by molar-refractivity contribution is 7.93. The second kappa shape index (κ2) is 11.7. The topological polar surface area (TPSA) is 140 Å². The van der Waals surface area contributed by atoms with Crippen molar-refractivity contribution >= 4 is 16.0 Å². The van der Waals surface area contributed by atoms with Crippen molar-refractivity contribution in [1.82, 2.24) is 24.7 Å². The van der Waals surface area contributed by atoms with Crippen LogP contribution < -0.4 is 14.2 Å². The molecule has 4 rings (SSSR count). The van der Waals surface area contributed by atoms with Crippen molar-refractivity contribution in [3.63, 3.8) is 0 Å². The second-order valence-electron chi connectivity index (χ2n) is 10.7. The molecule has 40 heavy (non-hydrogen) atoms. The summed E-state index contributed by atoms with van der Waals surface area (Å²) in [4.78, 5) is 8.69. The van der Waals surface area contributed by atoms with Gasteiger partial charge in [0.2, 0.25) is 16.0 Å². The highest BCUT2D eigenvalue weighted by atomic mass is 32.2. The first-order valence-corrected chi connectivity index (χ1v) is 14.7. The fourth-order valence-electron chi connectivity index (χ4n) is 4.61. The molecule has 0 saturated carbocycles. The number of nitrogens with zero attached hydrogens (tertiary/aromatic N) is 5. The molecule has 3 atom stereocenters. The predicted molar refractivity (Wildman–Crippen MR) is 149 cm³/mol. The number of benzene rings is 1. The van der Waals surface area contributed by atoms with Gasteiger partial charge in [0.15, 0.2) is 11.6 Å². The quantitative estimate of drug-likeness (QED) is 0.352. The first-order valence-electron chi connectivity index (χ1n) is 13.2. The third-order valence-corrected chi connectivity index (χ3v) is 8.39. The number of nitrogens with one attached hydrogen (secondary N) is 1. The van der Waals surface area contributed by atoms with Gasteiger partial charge in [-0.2, -0.15) is 0 Å². The van der Waals surface area contributed by atoms with E-state index in [0.717, 1.165) is 12.0 Å². The summed E-state index contributed by atoms with van der Waals surface area (Å²) in [5.74, 6) is 1.55. The summed E-state index contributed by atoms with van der Waals surface area (Å²) in [6.07, 6.45) is 3.11. The molecular weight excluding hydrogens is 536 g/mol. The molecular formula is C27H38N6O6S. The Morgan fingerprint density at radius 3 is 2.23 bits per heavy atom. The molecule has 1 fully saturated rings. The van der Waals surface area contributed by atoms with Crippen molar-refractivity contribution in [3.05, 3.63) is 47.8 Å². The van der Waals surface area contributed by atoms with Gasteiger partial charge in [-0.05, 0) is 72.1 Å². The van der Waals surface area contributed by atoms with Gasteiger partial charge in [-0.1, -0.05) is 6.07 Å². The van der Waals surface area contributed by atoms with Gasteiger partial charge in [-0.25, -0.2) is 18.4 Å². The van der Waals surface area contributed by atoms with Crippen molar-refractivity contribution < 1.29 is 27.4 Å². The van der Waals surface area contributed by atoms with Crippen LogP contribution in [0.4, 0.5) is 5.95 Å². The third kappa shape index (κ3) is 6.21. The summed E-state index contributed by atoms with van der Waals surface area (Å²) in [6.45, 7) is 11.1. The highest BCUT2D eigenvalue weighted by Gasteiger charge is 2.39. The molecule has 1 aromatic carbocycles. The van der Waals surface area contributed by atoms with Gasteiger partial charge in [0.1, 0.15) is 34.6 Å². The molecule has 218 valence electrons. The fourth-order valence-corrected chi connectivity index (χ4v) is 5.70. The van der Waals surface area contributed by atoms with E-state index in [1.807, 2.05) is 34.6 Å².